The fourth-order valence-electron chi connectivity index (χ4n) is 2.77. The minimum atomic E-state index is -1.05. The van der Waals surface area contributed by atoms with Crippen molar-refractivity contribution in [2.24, 2.45) is 5.92 Å². The summed E-state index contributed by atoms with van der Waals surface area (Å²) in [6.45, 7) is 0.0922. The molecule has 162 valence electrons. The van der Waals surface area contributed by atoms with Gasteiger partial charge in [0.2, 0.25) is 5.95 Å². The van der Waals surface area contributed by atoms with Crippen molar-refractivity contribution in [3.63, 3.8) is 0 Å². The van der Waals surface area contributed by atoms with E-state index in [1.54, 1.807) is 18.3 Å². The van der Waals surface area contributed by atoms with Crippen LogP contribution in [0.25, 0.3) is 0 Å². The molecule has 0 spiro atoms. The highest BCUT2D eigenvalue weighted by Crippen LogP contribution is 2.37. The number of methoxy groups -OCH3 is 1. The first-order chi connectivity index (χ1) is 14.2. The van der Waals surface area contributed by atoms with Crippen LogP contribution in [-0.4, -0.2) is 45.8 Å². The number of nitrogen functional groups attached to an aromatic ring is 2. The Bertz CT molecular complexity index is 924. The summed E-state index contributed by atoms with van der Waals surface area (Å²) in [6, 6.07) is 3.58. The molecule has 0 aliphatic heterocycles. The van der Waals surface area contributed by atoms with Gasteiger partial charge in [0.05, 0.1) is 19.6 Å². The van der Waals surface area contributed by atoms with Crippen molar-refractivity contribution in [3.05, 3.63) is 33.9 Å². The van der Waals surface area contributed by atoms with Crippen LogP contribution in [0.5, 0.6) is 11.5 Å². The zero-order valence-electron chi connectivity index (χ0n) is 16.3. The molecular formula is C19H23BrN4O6. The van der Waals surface area contributed by atoms with Gasteiger partial charge in [0.25, 0.3) is 0 Å². The number of rotatable bonds is 11. The number of anilines is 2. The van der Waals surface area contributed by atoms with Crippen LogP contribution in [0.1, 0.15) is 30.4 Å². The Hall–Kier alpha value is -3.08. The Labute approximate surface area is 181 Å². The third kappa shape index (κ3) is 6.48. The molecule has 6 N–H and O–H groups in total. The number of hydrogen-bond acceptors (Lipinski definition) is 8. The highest BCUT2D eigenvalue weighted by molar-refractivity contribution is 9.10. The van der Waals surface area contributed by atoms with Crippen LogP contribution < -0.4 is 20.9 Å². The molecule has 1 aromatic heterocycles. The number of hydrogen-bond donors (Lipinski definition) is 4. The van der Waals surface area contributed by atoms with Gasteiger partial charge in [-0.05, 0) is 46.5 Å². The molecule has 0 amide bonds. The molecule has 0 saturated heterocycles. The summed E-state index contributed by atoms with van der Waals surface area (Å²) in [5.41, 5.74) is 12.9. The van der Waals surface area contributed by atoms with Crippen LogP contribution in [0.2, 0.25) is 0 Å². The monoisotopic (exact) mass is 482 g/mol. The molecule has 0 aliphatic carbocycles. The minimum Gasteiger partial charge on any atom is -0.495 e. The normalized spacial score (nSPS) is 11.7. The van der Waals surface area contributed by atoms with Gasteiger partial charge in [0.1, 0.15) is 21.8 Å². The quantitative estimate of drug-likeness (QED) is 0.372. The SMILES string of the molecule is COc1cc(Cc2cnc(N)nc2N)cc(OCCC(CCC(=O)O)C(=O)O)c1Br. The summed E-state index contributed by atoms with van der Waals surface area (Å²) in [5, 5.41) is 18.0. The third-order valence-corrected chi connectivity index (χ3v) is 5.16. The van der Waals surface area contributed by atoms with Gasteiger partial charge in [-0.3, -0.25) is 9.59 Å². The van der Waals surface area contributed by atoms with E-state index in [-0.39, 0.29) is 37.6 Å². The first-order valence-corrected chi connectivity index (χ1v) is 9.81. The number of nitrogens with zero attached hydrogens (tertiary/aromatic N) is 2. The Balaban J connectivity index is 2.14. The lowest BCUT2D eigenvalue weighted by atomic mass is 10.0. The van der Waals surface area contributed by atoms with Crippen molar-refractivity contribution in [2.45, 2.75) is 25.7 Å². The minimum absolute atomic E-state index is 0.0367. The lowest BCUT2D eigenvalue weighted by Gasteiger charge is -2.16. The molecule has 1 aromatic carbocycles. The van der Waals surface area contributed by atoms with Gasteiger partial charge in [-0.2, -0.15) is 4.98 Å². The number of carboxylic acid groups (broad SMARTS) is 2. The summed E-state index contributed by atoms with van der Waals surface area (Å²) in [5.74, 6) is -1.55. The summed E-state index contributed by atoms with van der Waals surface area (Å²) in [4.78, 5) is 29.9. The highest BCUT2D eigenvalue weighted by atomic mass is 79.9. The molecule has 0 aliphatic rings. The molecule has 2 aromatic rings. The Morgan fingerprint density at radius 3 is 2.50 bits per heavy atom. The number of carbonyl (C=O) groups is 2. The Kier molecular flexibility index (Phi) is 8.22. The highest BCUT2D eigenvalue weighted by Gasteiger charge is 2.19. The molecule has 30 heavy (non-hydrogen) atoms. The van der Waals surface area contributed by atoms with Crippen molar-refractivity contribution in [2.75, 3.05) is 25.2 Å². The molecule has 0 radical (unpaired) electrons. The zero-order chi connectivity index (χ0) is 22.3. The molecule has 1 unspecified atom stereocenters. The molecule has 1 atom stereocenters. The molecule has 0 bridgehead atoms. The predicted molar refractivity (Wildman–Crippen MR) is 112 cm³/mol. The second kappa shape index (κ2) is 10.6. The van der Waals surface area contributed by atoms with E-state index in [4.69, 9.17) is 26.0 Å². The fraction of sp³-hybridized carbons (Fsp3) is 0.368. The first-order valence-electron chi connectivity index (χ1n) is 9.02. The first kappa shape index (κ1) is 23.2. The summed E-state index contributed by atoms with van der Waals surface area (Å²) in [7, 11) is 1.51. The standard InChI is InChI=1S/C19H23BrN4O6/c1-29-13-7-10(6-12-9-23-19(22)24-17(12)21)8-14(16(13)20)30-5-4-11(18(27)28)2-3-15(25)26/h7-9,11H,2-6H2,1H3,(H,25,26)(H,27,28)(H4,21,22,23,24). The second-order valence-corrected chi connectivity index (χ2v) is 7.32. The van der Waals surface area contributed by atoms with E-state index in [0.717, 1.165) is 5.56 Å². The number of carboxylic acids is 2. The van der Waals surface area contributed by atoms with Gasteiger partial charge in [-0.25, -0.2) is 4.98 Å². The molecule has 2 rings (SSSR count). The molecule has 0 saturated carbocycles. The third-order valence-electron chi connectivity index (χ3n) is 4.38. The lowest BCUT2D eigenvalue weighted by molar-refractivity contribution is -0.143. The van der Waals surface area contributed by atoms with E-state index in [1.807, 2.05) is 0 Å². The largest absolute Gasteiger partial charge is 0.495 e. The molecular weight excluding hydrogens is 460 g/mol. The van der Waals surface area contributed by atoms with Gasteiger partial charge in [-0.1, -0.05) is 0 Å². The van der Waals surface area contributed by atoms with E-state index in [9.17, 15) is 14.7 Å². The van der Waals surface area contributed by atoms with E-state index in [1.165, 1.54) is 7.11 Å². The molecule has 10 nitrogen and oxygen atoms in total. The van der Waals surface area contributed by atoms with Crippen LogP contribution in [0.15, 0.2) is 22.8 Å². The second-order valence-electron chi connectivity index (χ2n) is 6.53. The van der Waals surface area contributed by atoms with Crippen LogP contribution in [0, 0.1) is 5.92 Å². The van der Waals surface area contributed by atoms with Gasteiger partial charge < -0.3 is 31.2 Å². The summed E-state index contributed by atoms with van der Waals surface area (Å²) >= 11 is 3.42. The zero-order valence-corrected chi connectivity index (χ0v) is 17.9. The molecule has 11 heteroatoms. The Morgan fingerprint density at radius 1 is 1.20 bits per heavy atom. The van der Waals surface area contributed by atoms with Crippen molar-refractivity contribution < 1.29 is 29.3 Å². The van der Waals surface area contributed by atoms with Gasteiger partial charge >= 0.3 is 11.9 Å². The fourth-order valence-corrected chi connectivity index (χ4v) is 3.28. The number of halogens is 1. The maximum Gasteiger partial charge on any atom is 0.306 e. The van der Waals surface area contributed by atoms with Gasteiger partial charge in [-0.15, -0.1) is 0 Å². The maximum absolute atomic E-state index is 11.3. The molecule has 1 heterocycles. The molecule has 0 fully saturated rings. The number of ether oxygens (including phenoxy) is 2. The smallest absolute Gasteiger partial charge is 0.306 e. The van der Waals surface area contributed by atoms with Crippen LogP contribution >= 0.6 is 15.9 Å². The Morgan fingerprint density at radius 2 is 1.90 bits per heavy atom. The predicted octanol–water partition coefficient (Wildman–Crippen LogP) is 2.34. The number of benzene rings is 1. The number of nitrogens with two attached hydrogens (primary N) is 2. The topological polar surface area (TPSA) is 171 Å². The van der Waals surface area contributed by atoms with Crippen molar-refractivity contribution in [1.29, 1.82) is 0 Å². The summed E-state index contributed by atoms with van der Waals surface area (Å²) < 4.78 is 11.7. The van der Waals surface area contributed by atoms with Crippen LogP contribution in [0.3, 0.4) is 0 Å². The number of aromatic nitrogens is 2. The lowest BCUT2D eigenvalue weighted by Crippen LogP contribution is -2.18. The average molecular weight is 483 g/mol. The van der Waals surface area contributed by atoms with Crippen molar-refractivity contribution in [3.8, 4) is 11.5 Å². The number of aliphatic carboxylic acids is 2. The maximum atomic E-state index is 11.3. The van der Waals surface area contributed by atoms with E-state index < -0.39 is 17.9 Å². The van der Waals surface area contributed by atoms with Gasteiger partial charge in [0.15, 0.2) is 0 Å². The van der Waals surface area contributed by atoms with Crippen LogP contribution in [0.4, 0.5) is 11.8 Å². The van der Waals surface area contributed by atoms with E-state index >= 15 is 0 Å². The van der Waals surface area contributed by atoms with Crippen molar-refractivity contribution in [1.82, 2.24) is 9.97 Å². The average Bonchev–Trinajstić information content (AvgIpc) is 2.68. The van der Waals surface area contributed by atoms with Gasteiger partial charge in [0, 0.05) is 24.6 Å². The van der Waals surface area contributed by atoms with Crippen molar-refractivity contribution >= 4 is 39.6 Å². The summed E-state index contributed by atoms with van der Waals surface area (Å²) in [6.07, 6.45) is 1.94. The van der Waals surface area contributed by atoms with E-state index in [0.29, 0.717) is 28.0 Å². The van der Waals surface area contributed by atoms with Crippen LogP contribution in [-0.2, 0) is 16.0 Å². The van der Waals surface area contributed by atoms with E-state index in [2.05, 4.69) is 25.9 Å².